The Labute approximate surface area is 142 Å². The quantitative estimate of drug-likeness (QED) is 0.837. The molecule has 1 aromatic rings. The van der Waals surface area contributed by atoms with Crippen LogP contribution in [0.3, 0.4) is 0 Å². The zero-order valence-electron chi connectivity index (χ0n) is 13.8. The van der Waals surface area contributed by atoms with Crippen molar-refractivity contribution in [3.8, 4) is 0 Å². The molecule has 3 fully saturated rings. The fourth-order valence-corrected chi connectivity index (χ4v) is 5.71. The van der Waals surface area contributed by atoms with Crippen molar-refractivity contribution in [2.75, 3.05) is 25.5 Å². The molecule has 6 nitrogen and oxygen atoms in total. The van der Waals surface area contributed by atoms with Crippen LogP contribution in [0.5, 0.6) is 0 Å². The molecule has 7 heteroatoms. The smallest absolute Gasteiger partial charge is 0.165 e. The molecule has 2 atom stereocenters. The van der Waals surface area contributed by atoms with E-state index in [1.165, 1.54) is 38.0 Å². The van der Waals surface area contributed by atoms with Crippen molar-refractivity contribution in [2.24, 2.45) is 5.92 Å². The van der Waals surface area contributed by atoms with Crippen molar-refractivity contribution in [1.82, 2.24) is 25.1 Å². The lowest BCUT2D eigenvalue weighted by molar-refractivity contribution is 0.0591. The fraction of sp³-hybridized carbons (Fsp3) is 0.938. The minimum atomic E-state index is 0.658. The number of ether oxygens (including phenoxy) is 1. The second-order valence-corrected chi connectivity index (χ2v) is 8.41. The van der Waals surface area contributed by atoms with Crippen LogP contribution in [-0.4, -0.2) is 61.9 Å². The van der Waals surface area contributed by atoms with Gasteiger partial charge in [0, 0.05) is 43.3 Å². The highest BCUT2D eigenvalue weighted by molar-refractivity contribution is 8.00. The first-order valence-corrected chi connectivity index (χ1v) is 10.1. The lowest BCUT2D eigenvalue weighted by Gasteiger charge is -2.43. The predicted molar refractivity (Wildman–Crippen MR) is 90.3 cm³/mol. The van der Waals surface area contributed by atoms with Gasteiger partial charge < -0.3 is 4.74 Å². The average Bonchev–Trinajstić information content (AvgIpc) is 3.03. The van der Waals surface area contributed by atoms with Crippen LogP contribution < -0.4 is 0 Å². The lowest BCUT2D eigenvalue weighted by Crippen LogP contribution is -2.48. The van der Waals surface area contributed by atoms with Crippen LogP contribution in [0.25, 0.3) is 0 Å². The Morgan fingerprint density at radius 3 is 2.91 bits per heavy atom. The first-order chi connectivity index (χ1) is 11.4. The van der Waals surface area contributed by atoms with Crippen molar-refractivity contribution in [1.29, 1.82) is 0 Å². The number of hydrogen-bond donors (Lipinski definition) is 0. The van der Waals surface area contributed by atoms with E-state index in [0.29, 0.717) is 5.92 Å². The Bertz CT molecular complexity index is 502. The summed E-state index contributed by atoms with van der Waals surface area (Å²) < 4.78 is 7.51. The van der Waals surface area contributed by atoms with Crippen molar-refractivity contribution in [3.63, 3.8) is 0 Å². The Kier molecular flexibility index (Phi) is 5.16. The van der Waals surface area contributed by atoms with Crippen LogP contribution in [0.4, 0.5) is 0 Å². The maximum atomic E-state index is 5.46. The van der Waals surface area contributed by atoms with E-state index in [2.05, 4.69) is 36.9 Å². The van der Waals surface area contributed by atoms with E-state index in [1.807, 2.05) is 0 Å². The number of tetrazole rings is 1. The van der Waals surface area contributed by atoms with E-state index < -0.39 is 0 Å². The molecule has 23 heavy (non-hydrogen) atoms. The third kappa shape index (κ3) is 3.72. The lowest BCUT2D eigenvalue weighted by atomic mass is 9.93. The third-order valence-electron chi connectivity index (χ3n) is 5.57. The SMILES string of the molecule is C1CC[C@@H]2[C@H](C1)SCCN2Cc1nnnn1CC1CCOCC1. The molecule has 0 aromatic carbocycles. The molecule has 2 aliphatic heterocycles. The highest BCUT2D eigenvalue weighted by atomic mass is 32.2. The summed E-state index contributed by atoms with van der Waals surface area (Å²) in [7, 11) is 0. The molecule has 0 unspecified atom stereocenters. The number of thioether (sulfide) groups is 1. The summed E-state index contributed by atoms with van der Waals surface area (Å²) in [6.07, 6.45) is 7.78. The van der Waals surface area contributed by atoms with Crippen molar-refractivity contribution in [2.45, 2.75) is 62.9 Å². The first-order valence-electron chi connectivity index (χ1n) is 9.08. The summed E-state index contributed by atoms with van der Waals surface area (Å²) in [6, 6.07) is 0.732. The summed E-state index contributed by atoms with van der Waals surface area (Å²) in [5.74, 6) is 2.96. The molecule has 2 saturated heterocycles. The summed E-state index contributed by atoms with van der Waals surface area (Å²) >= 11 is 2.18. The Morgan fingerprint density at radius 2 is 2.00 bits per heavy atom. The van der Waals surface area contributed by atoms with Crippen LogP contribution in [0, 0.1) is 5.92 Å². The molecule has 3 heterocycles. The van der Waals surface area contributed by atoms with E-state index in [9.17, 15) is 0 Å². The van der Waals surface area contributed by atoms with E-state index in [1.54, 1.807) is 0 Å². The van der Waals surface area contributed by atoms with Gasteiger partial charge in [-0.05, 0) is 42.0 Å². The van der Waals surface area contributed by atoms with Crippen molar-refractivity contribution in [3.05, 3.63) is 5.82 Å². The monoisotopic (exact) mass is 337 g/mol. The van der Waals surface area contributed by atoms with Crippen LogP contribution in [0.15, 0.2) is 0 Å². The summed E-state index contributed by atoms with van der Waals surface area (Å²) in [5, 5.41) is 13.4. The number of rotatable bonds is 4. The number of nitrogens with zero attached hydrogens (tertiary/aromatic N) is 5. The zero-order valence-corrected chi connectivity index (χ0v) is 14.6. The number of fused-ring (bicyclic) bond motifs is 1. The third-order valence-corrected chi connectivity index (χ3v) is 6.97. The first kappa shape index (κ1) is 15.8. The topological polar surface area (TPSA) is 56.1 Å². The molecule has 0 amide bonds. The van der Waals surface area contributed by atoms with E-state index in [4.69, 9.17) is 4.74 Å². The summed E-state index contributed by atoms with van der Waals surface area (Å²) in [5.41, 5.74) is 0. The minimum absolute atomic E-state index is 0.658. The molecule has 128 valence electrons. The van der Waals surface area contributed by atoms with E-state index in [0.717, 1.165) is 56.3 Å². The highest BCUT2D eigenvalue weighted by Gasteiger charge is 2.34. The van der Waals surface area contributed by atoms with E-state index >= 15 is 0 Å². The highest BCUT2D eigenvalue weighted by Crippen LogP contribution is 2.36. The molecule has 0 radical (unpaired) electrons. The Balaban J connectivity index is 1.41. The molecular weight excluding hydrogens is 310 g/mol. The van der Waals surface area contributed by atoms with Gasteiger partial charge in [-0.25, -0.2) is 4.68 Å². The standard InChI is InChI=1S/C16H27N5OS/c1-2-4-15-14(3-1)20(7-10-23-15)12-16-17-18-19-21(16)11-13-5-8-22-9-6-13/h13-15H,1-12H2/t14-,15+/m1/s1. The largest absolute Gasteiger partial charge is 0.381 e. The summed E-state index contributed by atoms with van der Waals surface area (Å²) in [4.78, 5) is 2.65. The van der Waals surface area contributed by atoms with Crippen molar-refractivity contribution >= 4 is 11.8 Å². The number of aromatic nitrogens is 4. The molecule has 1 aromatic heterocycles. The maximum Gasteiger partial charge on any atom is 0.165 e. The molecule has 0 spiro atoms. The molecule has 0 bridgehead atoms. The zero-order chi connectivity index (χ0) is 15.5. The van der Waals surface area contributed by atoms with Gasteiger partial charge in [-0.1, -0.05) is 12.8 Å². The molecule has 1 aliphatic carbocycles. The van der Waals surface area contributed by atoms with Gasteiger partial charge in [0.2, 0.25) is 0 Å². The Morgan fingerprint density at radius 1 is 1.13 bits per heavy atom. The van der Waals surface area contributed by atoms with Crippen LogP contribution in [-0.2, 0) is 17.8 Å². The van der Waals surface area contributed by atoms with Crippen LogP contribution >= 0.6 is 11.8 Å². The van der Waals surface area contributed by atoms with Gasteiger partial charge in [-0.2, -0.15) is 11.8 Å². The predicted octanol–water partition coefficient (Wildman–Crippen LogP) is 1.96. The number of hydrogen-bond acceptors (Lipinski definition) is 6. The van der Waals surface area contributed by atoms with Gasteiger partial charge in [0.15, 0.2) is 5.82 Å². The Hall–Kier alpha value is -0.660. The second kappa shape index (κ2) is 7.49. The van der Waals surface area contributed by atoms with Crippen LogP contribution in [0.2, 0.25) is 0 Å². The van der Waals surface area contributed by atoms with Gasteiger partial charge >= 0.3 is 0 Å². The van der Waals surface area contributed by atoms with Gasteiger partial charge in [0.05, 0.1) is 6.54 Å². The van der Waals surface area contributed by atoms with Gasteiger partial charge in [-0.3, -0.25) is 4.90 Å². The normalized spacial score (nSPS) is 30.3. The fourth-order valence-electron chi connectivity index (χ4n) is 4.21. The van der Waals surface area contributed by atoms with Crippen LogP contribution in [0.1, 0.15) is 44.3 Å². The molecule has 1 saturated carbocycles. The molecule has 3 aliphatic rings. The van der Waals surface area contributed by atoms with Gasteiger partial charge in [0.1, 0.15) is 0 Å². The van der Waals surface area contributed by atoms with Gasteiger partial charge in [0.25, 0.3) is 0 Å². The second-order valence-electron chi connectivity index (χ2n) is 7.06. The van der Waals surface area contributed by atoms with Gasteiger partial charge in [-0.15, -0.1) is 5.10 Å². The summed E-state index contributed by atoms with van der Waals surface area (Å²) in [6.45, 7) is 4.81. The van der Waals surface area contributed by atoms with E-state index in [-0.39, 0.29) is 0 Å². The molecular formula is C16H27N5OS. The maximum absolute atomic E-state index is 5.46. The van der Waals surface area contributed by atoms with Crippen molar-refractivity contribution < 1.29 is 4.74 Å². The molecule has 0 N–H and O–H groups in total. The molecule has 4 rings (SSSR count). The minimum Gasteiger partial charge on any atom is -0.381 e. The average molecular weight is 337 g/mol.